The zero-order valence-electron chi connectivity index (χ0n) is 27.7. The van der Waals surface area contributed by atoms with Crippen LogP contribution in [0.5, 0.6) is 0 Å². The molecule has 8 nitrogen and oxygen atoms in total. The Labute approximate surface area is 257 Å². The fraction of sp³-hybridized carbons (Fsp3) is 0.853. The summed E-state index contributed by atoms with van der Waals surface area (Å²) in [5, 5.41) is 11.5. The van der Waals surface area contributed by atoms with Crippen LogP contribution in [0.2, 0.25) is 0 Å². The van der Waals surface area contributed by atoms with Crippen molar-refractivity contribution in [1.82, 2.24) is 0 Å². The minimum atomic E-state index is -1.13. The van der Waals surface area contributed by atoms with Gasteiger partial charge in [0.15, 0.2) is 6.10 Å². The first-order chi connectivity index (χ1) is 20.1. The highest BCUT2D eigenvalue weighted by atomic mass is 16.6. The molecular formula is C34H63NO7. The van der Waals surface area contributed by atoms with E-state index in [-0.39, 0.29) is 42.7 Å². The van der Waals surface area contributed by atoms with Gasteiger partial charge in [-0.05, 0) is 32.1 Å². The lowest BCUT2D eigenvalue weighted by Crippen LogP contribution is -2.55. The quantitative estimate of drug-likeness (QED) is 0.0432. The molecule has 42 heavy (non-hydrogen) atoms. The van der Waals surface area contributed by atoms with Gasteiger partial charge in [-0.2, -0.15) is 0 Å². The maximum Gasteiger partial charge on any atom is 0.306 e. The molecule has 0 amide bonds. The molecule has 0 N–H and O–H groups in total. The smallest absolute Gasteiger partial charge is 0.306 e. The van der Waals surface area contributed by atoms with Crippen molar-refractivity contribution in [1.29, 1.82) is 0 Å². The average molecular weight is 598 g/mol. The molecule has 246 valence electrons. The third-order valence-corrected chi connectivity index (χ3v) is 7.40. The van der Waals surface area contributed by atoms with Crippen LogP contribution in [0.4, 0.5) is 0 Å². The number of carbonyl (C=O) groups excluding carboxylic acids is 3. The van der Waals surface area contributed by atoms with E-state index in [0.29, 0.717) is 12.8 Å². The Hall–Kier alpha value is -1.93. The van der Waals surface area contributed by atoms with E-state index in [2.05, 4.69) is 26.0 Å². The van der Waals surface area contributed by atoms with Crippen LogP contribution in [0.1, 0.15) is 136 Å². The van der Waals surface area contributed by atoms with Crippen molar-refractivity contribution in [2.24, 2.45) is 0 Å². The molecule has 0 aromatic heterocycles. The Kier molecular flexibility index (Phi) is 25.5. The molecule has 0 aliphatic heterocycles. The monoisotopic (exact) mass is 597 g/mol. The maximum absolute atomic E-state index is 12.5. The molecule has 2 unspecified atom stereocenters. The SMILES string of the molecule is CCCC/C=C/CCCCCCCC(=O)OC(COCCC(C(=O)[O-])[N+](C)(C)C)COC(=O)CCCCCCCCC. The highest BCUT2D eigenvalue weighted by Gasteiger charge is 2.25. The van der Waals surface area contributed by atoms with Crippen molar-refractivity contribution in [3.63, 3.8) is 0 Å². The highest BCUT2D eigenvalue weighted by Crippen LogP contribution is 2.12. The predicted octanol–water partition coefficient (Wildman–Crippen LogP) is 6.29. The van der Waals surface area contributed by atoms with Crippen LogP contribution >= 0.6 is 0 Å². The Balaban J connectivity index is 4.49. The van der Waals surface area contributed by atoms with Crippen LogP contribution in [0.25, 0.3) is 0 Å². The van der Waals surface area contributed by atoms with E-state index >= 15 is 0 Å². The van der Waals surface area contributed by atoms with Crippen molar-refractivity contribution >= 4 is 17.9 Å². The third kappa shape index (κ3) is 24.6. The Morgan fingerprint density at radius 1 is 0.690 bits per heavy atom. The summed E-state index contributed by atoms with van der Waals surface area (Å²) in [5.74, 6) is -1.76. The van der Waals surface area contributed by atoms with Crippen molar-refractivity contribution in [3.8, 4) is 0 Å². The zero-order chi connectivity index (χ0) is 31.5. The third-order valence-electron chi connectivity index (χ3n) is 7.40. The number of quaternary nitrogens is 1. The molecule has 2 atom stereocenters. The first kappa shape index (κ1) is 40.1. The number of rotatable bonds is 29. The van der Waals surface area contributed by atoms with Crippen molar-refractivity contribution in [3.05, 3.63) is 12.2 Å². The normalized spacial score (nSPS) is 13.3. The number of hydrogen-bond acceptors (Lipinski definition) is 7. The summed E-state index contributed by atoms with van der Waals surface area (Å²) >= 11 is 0. The van der Waals surface area contributed by atoms with Crippen LogP contribution in [0.3, 0.4) is 0 Å². The first-order valence-corrected chi connectivity index (χ1v) is 16.7. The topological polar surface area (TPSA) is 102 Å². The molecule has 0 aromatic carbocycles. The summed E-state index contributed by atoms with van der Waals surface area (Å²) in [4.78, 5) is 36.3. The Morgan fingerprint density at radius 3 is 1.79 bits per heavy atom. The lowest BCUT2D eigenvalue weighted by molar-refractivity contribution is -0.889. The number of allylic oxidation sites excluding steroid dienone is 2. The van der Waals surface area contributed by atoms with Gasteiger partial charge in [0.2, 0.25) is 0 Å². The molecule has 0 bridgehead atoms. The molecule has 0 heterocycles. The predicted molar refractivity (Wildman–Crippen MR) is 167 cm³/mol. The van der Waals surface area contributed by atoms with Crippen LogP contribution in [0, 0.1) is 0 Å². The van der Waals surface area contributed by atoms with Gasteiger partial charge in [-0.1, -0.05) is 96.6 Å². The fourth-order valence-corrected chi connectivity index (χ4v) is 4.70. The van der Waals surface area contributed by atoms with E-state index in [1.165, 1.54) is 51.4 Å². The maximum atomic E-state index is 12.5. The lowest BCUT2D eigenvalue weighted by atomic mass is 10.1. The van der Waals surface area contributed by atoms with E-state index in [1.54, 1.807) is 21.1 Å². The second-order valence-electron chi connectivity index (χ2n) is 12.4. The van der Waals surface area contributed by atoms with Gasteiger partial charge in [-0.25, -0.2) is 0 Å². The second-order valence-corrected chi connectivity index (χ2v) is 12.4. The number of hydrogen-bond donors (Lipinski definition) is 0. The number of ether oxygens (including phenoxy) is 3. The van der Waals surface area contributed by atoms with Crippen LogP contribution in [-0.2, 0) is 28.6 Å². The second kappa shape index (κ2) is 26.7. The van der Waals surface area contributed by atoms with Gasteiger partial charge in [0, 0.05) is 19.3 Å². The van der Waals surface area contributed by atoms with Gasteiger partial charge in [0.25, 0.3) is 0 Å². The van der Waals surface area contributed by atoms with Gasteiger partial charge in [-0.15, -0.1) is 0 Å². The van der Waals surface area contributed by atoms with Gasteiger partial charge >= 0.3 is 11.9 Å². The molecule has 0 fully saturated rings. The molecule has 0 aliphatic rings. The van der Waals surface area contributed by atoms with E-state index in [1.807, 2.05) is 0 Å². The standard InChI is InChI=1S/C34H63NO7/c1-6-8-10-12-14-15-16-17-19-21-23-25-33(37)42-30(28-40-27-26-31(34(38)39)35(3,4)5)29-41-32(36)24-22-20-18-13-11-9-7-2/h12,14,30-31H,6-11,13,15-29H2,1-5H3/b14-12+. The highest BCUT2D eigenvalue weighted by molar-refractivity contribution is 5.70. The Bertz CT molecular complexity index is 717. The van der Waals surface area contributed by atoms with Crippen molar-refractivity contribution in [2.45, 2.75) is 148 Å². The van der Waals surface area contributed by atoms with Crippen LogP contribution in [0.15, 0.2) is 12.2 Å². The molecule has 0 spiro atoms. The minimum Gasteiger partial charge on any atom is -0.544 e. The number of carboxylic acid groups (broad SMARTS) is 1. The number of unbranched alkanes of at least 4 members (excludes halogenated alkanes) is 13. The van der Waals surface area contributed by atoms with Gasteiger partial charge in [0.1, 0.15) is 12.6 Å². The molecule has 0 radical (unpaired) electrons. The number of carbonyl (C=O) groups is 3. The number of esters is 2. The summed E-state index contributed by atoms with van der Waals surface area (Å²) in [7, 11) is 5.38. The average Bonchev–Trinajstić information content (AvgIpc) is 2.92. The van der Waals surface area contributed by atoms with E-state index in [0.717, 1.165) is 51.4 Å². The molecule has 0 aliphatic carbocycles. The summed E-state index contributed by atoms with van der Waals surface area (Å²) in [6.07, 6.45) is 22.5. The van der Waals surface area contributed by atoms with E-state index < -0.39 is 18.1 Å². The minimum absolute atomic E-state index is 0.0408. The van der Waals surface area contributed by atoms with Crippen molar-refractivity contribution in [2.75, 3.05) is 41.0 Å². The number of nitrogens with zero attached hydrogens (tertiary/aromatic N) is 1. The molecular weight excluding hydrogens is 534 g/mol. The lowest BCUT2D eigenvalue weighted by Gasteiger charge is -2.34. The zero-order valence-corrected chi connectivity index (χ0v) is 27.7. The number of likely N-dealkylation sites (N-methyl/N-ethyl adjacent to an activating group) is 1. The van der Waals surface area contributed by atoms with Crippen molar-refractivity contribution < 1.29 is 38.2 Å². The fourth-order valence-electron chi connectivity index (χ4n) is 4.70. The summed E-state index contributed by atoms with van der Waals surface area (Å²) in [6, 6.07) is -0.720. The molecule has 0 saturated carbocycles. The first-order valence-electron chi connectivity index (χ1n) is 16.7. The van der Waals surface area contributed by atoms with E-state index in [9.17, 15) is 19.5 Å². The molecule has 0 aromatic rings. The van der Waals surface area contributed by atoms with E-state index in [4.69, 9.17) is 14.2 Å². The summed E-state index contributed by atoms with van der Waals surface area (Å²) < 4.78 is 16.9. The van der Waals surface area contributed by atoms with Crippen LogP contribution < -0.4 is 5.11 Å². The van der Waals surface area contributed by atoms with Gasteiger partial charge in [-0.3, -0.25) is 9.59 Å². The largest absolute Gasteiger partial charge is 0.544 e. The van der Waals surface area contributed by atoms with Crippen LogP contribution in [-0.4, -0.2) is 75.5 Å². The number of aliphatic carboxylic acids is 1. The van der Waals surface area contributed by atoms with Gasteiger partial charge < -0.3 is 28.6 Å². The molecule has 0 rings (SSSR count). The Morgan fingerprint density at radius 2 is 1.21 bits per heavy atom. The summed E-state index contributed by atoms with van der Waals surface area (Å²) in [6.45, 7) is 4.54. The van der Waals surface area contributed by atoms with Gasteiger partial charge in [0.05, 0.1) is 40.3 Å². The number of carboxylic acids is 1. The molecule has 8 heteroatoms. The molecule has 0 saturated heterocycles. The summed E-state index contributed by atoms with van der Waals surface area (Å²) in [5.41, 5.74) is 0.